The molecule has 0 N–H and O–H groups in total. The topological polar surface area (TPSA) is 12.9 Å². The van der Waals surface area contributed by atoms with Crippen LogP contribution in [-0.4, -0.2) is 4.98 Å². The van der Waals surface area contributed by atoms with Gasteiger partial charge < -0.3 is 4.98 Å². The average Bonchev–Trinajstić information content (AvgIpc) is 2.18. The van der Waals surface area contributed by atoms with E-state index in [9.17, 15) is 0 Å². The summed E-state index contributed by atoms with van der Waals surface area (Å²) in [7, 11) is 0. The fourth-order valence-corrected chi connectivity index (χ4v) is 1.48. The average molecular weight is 374 g/mol. The summed E-state index contributed by atoms with van der Waals surface area (Å²) in [5.74, 6) is 0. The second-order valence-corrected chi connectivity index (χ2v) is 3.45. The minimum Gasteiger partial charge on any atom is -0.304 e. The molecule has 0 aliphatic carbocycles. The van der Waals surface area contributed by atoms with Gasteiger partial charge in [0.15, 0.2) is 0 Å². The fraction of sp³-hybridized carbons (Fsp3) is 0.154. The summed E-state index contributed by atoms with van der Waals surface area (Å²) < 4.78 is 0. The molecule has 2 aromatic rings. The van der Waals surface area contributed by atoms with Gasteiger partial charge in [-0.15, -0.1) is 35.4 Å². The zero-order valence-corrected chi connectivity index (χ0v) is 11.1. The molecule has 0 spiro atoms. The molecule has 0 amide bonds. The van der Waals surface area contributed by atoms with Crippen molar-refractivity contribution in [1.29, 1.82) is 0 Å². The Hall–Kier alpha value is -0.981. The van der Waals surface area contributed by atoms with E-state index in [2.05, 4.69) is 37.0 Å². The first-order valence-electron chi connectivity index (χ1n) is 4.68. The van der Waals surface area contributed by atoms with Gasteiger partial charge in [-0.25, -0.2) is 0 Å². The molecule has 0 saturated heterocycles. The third-order valence-electron chi connectivity index (χ3n) is 2.22. The summed E-state index contributed by atoms with van der Waals surface area (Å²) in [6, 6.07) is 13.3. The van der Waals surface area contributed by atoms with Gasteiger partial charge in [0.1, 0.15) is 0 Å². The molecular weight excluding hydrogens is 362 g/mol. The summed E-state index contributed by atoms with van der Waals surface area (Å²) in [6.45, 7) is 4.15. The van der Waals surface area contributed by atoms with Gasteiger partial charge in [-0.05, 0) is 18.7 Å². The molecule has 1 heterocycles. The van der Waals surface area contributed by atoms with Crippen LogP contribution in [0.25, 0.3) is 11.3 Å². The minimum absolute atomic E-state index is 0. The zero-order chi connectivity index (χ0) is 9.97. The van der Waals surface area contributed by atoms with Crippen molar-refractivity contribution in [1.82, 2.24) is 4.98 Å². The number of benzene rings is 1. The minimum atomic E-state index is 0. The molecule has 0 aliphatic rings. The van der Waals surface area contributed by atoms with Crippen LogP contribution in [0.1, 0.15) is 11.1 Å². The molecule has 0 aliphatic heterocycles. The summed E-state index contributed by atoms with van der Waals surface area (Å²) >= 11 is 0. The molecule has 2 heteroatoms. The van der Waals surface area contributed by atoms with Crippen LogP contribution in [0.3, 0.4) is 0 Å². The Kier molecular flexibility index (Phi) is 4.19. The number of rotatable bonds is 1. The standard InChI is InChI=1S/C13H12N.Ir/c1-10-5-3-7-12(9-10)13-11(2)6-4-8-14-13;/h3-6,8-9H,1-2H3;/q-1;. The van der Waals surface area contributed by atoms with Gasteiger partial charge in [0.2, 0.25) is 0 Å². The van der Waals surface area contributed by atoms with E-state index in [4.69, 9.17) is 0 Å². The number of nitrogens with zero attached hydrogens (tertiary/aromatic N) is 1. The third kappa shape index (κ3) is 2.74. The van der Waals surface area contributed by atoms with E-state index in [0.29, 0.717) is 0 Å². The molecule has 1 aromatic heterocycles. The number of hydrogen-bond donors (Lipinski definition) is 0. The number of aryl methyl sites for hydroxylation is 2. The second-order valence-electron chi connectivity index (χ2n) is 3.45. The van der Waals surface area contributed by atoms with E-state index < -0.39 is 0 Å². The molecule has 1 nitrogen and oxygen atoms in total. The molecule has 2 rings (SSSR count). The van der Waals surface area contributed by atoms with Gasteiger partial charge in [-0.3, -0.25) is 0 Å². The van der Waals surface area contributed by atoms with Crippen molar-refractivity contribution in [2.75, 3.05) is 0 Å². The molecule has 79 valence electrons. The van der Waals surface area contributed by atoms with E-state index >= 15 is 0 Å². The summed E-state index contributed by atoms with van der Waals surface area (Å²) in [4.78, 5) is 4.36. The van der Waals surface area contributed by atoms with Crippen LogP contribution in [0.5, 0.6) is 0 Å². The van der Waals surface area contributed by atoms with Crippen LogP contribution in [-0.2, 0) is 20.1 Å². The maximum absolute atomic E-state index is 4.36. The Labute approximate surface area is 104 Å². The first-order valence-corrected chi connectivity index (χ1v) is 4.68. The van der Waals surface area contributed by atoms with Gasteiger partial charge >= 0.3 is 0 Å². The SMILES string of the molecule is Cc1cc[c-]c(-c2ncccc2C)c1.[Ir]. The Morgan fingerprint density at radius 3 is 2.67 bits per heavy atom. The van der Waals surface area contributed by atoms with Crippen molar-refractivity contribution in [2.24, 2.45) is 0 Å². The van der Waals surface area contributed by atoms with Crippen LogP contribution in [0.15, 0.2) is 36.5 Å². The summed E-state index contributed by atoms with van der Waals surface area (Å²) in [5, 5.41) is 0. The maximum atomic E-state index is 4.36. The quantitative estimate of drug-likeness (QED) is 0.699. The third-order valence-corrected chi connectivity index (χ3v) is 2.22. The Bertz CT molecular complexity index is 452. The van der Waals surface area contributed by atoms with E-state index in [0.717, 1.165) is 11.3 Å². The Balaban J connectivity index is 0.00000112. The monoisotopic (exact) mass is 375 g/mol. The molecule has 0 saturated carbocycles. The van der Waals surface area contributed by atoms with E-state index in [-0.39, 0.29) is 20.1 Å². The van der Waals surface area contributed by atoms with Crippen molar-refractivity contribution < 1.29 is 20.1 Å². The van der Waals surface area contributed by atoms with E-state index in [1.807, 2.05) is 24.4 Å². The number of pyridine rings is 1. The van der Waals surface area contributed by atoms with E-state index in [1.165, 1.54) is 11.1 Å². The number of hydrogen-bond acceptors (Lipinski definition) is 1. The summed E-state index contributed by atoms with van der Waals surface area (Å²) in [6.07, 6.45) is 1.82. The van der Waals surface area contributed by atoms with Gasteiger partial charge in [0.05, 0.1) is 0 Å². The molecule has 0 fully saturated rings. The van der Waals surface area contributed by atoms with Gasteiger partial charge in [0, 0.05) is 26.3 Å². The van der Waals surface area contributed by atoms with Crippen molar-refractivity contribution in [2.45, 2.75) is 13.8 Å². The Morgan fingerprint density at radius 2 is 2.00 bits per heavy atom. The van der Waals surface area contributed by atoms with Crippen LogP contribution < -0.4 is 0 Å². The molecule has 0 bridgehead atoms. The largest absolute Gasteiger partial charge is 0.304 e. The van der Waals surface area contributed by atoms with Crippen molar-refractivity contribution in [3.05, 3.63) is 53.7 Å². The van der Waals surface area contributed by atoms with Crippen molar-refractivity contribution in [3.63, 3.8) is 0 Å². The van der Waals surface area contributed by atoms with Crippen molar-refractivity contribution in [3.8, 4) is 11.3 Å². The van der Waals surface area contributed by atoms with Crippen LogP contribution in [0.4, 0.5) is 0 Å². The first kappa shape index (κ1) is 12.1. The molecule has 15 heavy (non-hydrogen) atoms. The molecular formula is C13H12IrN-. The van der Waals surface area contributed by atoms with Gasteiger partial charge in [-0.1, -0.05) is 18.6 Å². The summed E-state index contributed by atoms with van der Waals surface area (Å²) in [5.41, 5.74) is 4.53. The normalized spacial score (nSPS) is 9.47. The number of aromatic nitrogens is 1. The predicted octanol–water partition coefficient (Wildman–Crippen LogP) is 3.16. The zero-order valence-electron chi connectivity index (χ0n) is 8.74. The predicted molar refractivity (Wildman–Crippen MR) is 58.0 cm³/mol. The Morgan fingerprint density at radius 1 is 1.20 bits per heavy atom. The second kappa shape index (κ2) is 5.20. The van der Waals surface area contributed by atoms with Crippen molar-refractivity contribution >= 4 is 0 Å². The molecule has 1 radical (unpaired) electrons. The maximum Gasteiger partial charge on any atom is 0.0160 e. The molecule has 0 unspecified atom stereocenters. The van der Waals surface area contributed by atoms with Crippen LogP contribution in [0, 0.1) is 19.9 Å². The van der Waals surface area contributed by atoms with Gasteiger partial charge in [-0.2, -0.15) is 0 Å². The van der Waals surface area contributed by atoms with E-state index in [1.54, 1.807) is 0 Å². The molecule has 0 atom stereocenters. The van der Waals surface area contributed by atoms with Gasteiger partial charge in [0.25, 0.3) is 0 Å². The van der Waals surface area contributed by atoms with Crippen LogP contribution >= 0.6 is 0 Å². The van der Waals surface area contributed by atoms with Crippen LogP contribution in [0.2, 0.25) is 0 Å². The fourth-order valence-electron chi connectivity index (χ4n) is 1.48. The smallest absolute Gasteiger partial charge is 0.0160 e. The molecule has 1 aromatic carbocycles. The first-order chi connectivity index (χ1) is 6.77.